The topological polar surface area (TPSA) is 46.6 Å². The predicted octanol–water partition coefficient (Wildman–Crippen LogP) is 2.32. The Hall–Kier alpha value is -1.62. The van der Waals surface area contributed by atoms with Crippen LogP contribution in [0.4, 0.5) is 0 Å². The van der Waals surface area contributed by atoms with Gasteiger partial charge in [0.2, 0.25) is 5.91 Å². The van der Waals surface area contributed by atoms with E-state index < -0.39 is 6.04 Å². The molecule has 0 saturated carbocycles. The highest BCUT2D eigenvalue weighted by Crippen LogP contribution is 2.19. The van der Waals surface area contributed by atoms with E-state index in [1.165, 1.54) is 13.2 Å². The number of likely N-dealkylation sites (tertiary alicyclic amines) is 1. The van der Waals surface area contributed by atoms with Gasteiger partial charge < -0.3 is 9.64 Å². The number of esters is 1. The van der Waals surface area contributed by atoms with Gasteiger partial charge in [0.15, 0.2) is 0 Å². The number of rotatable bonds is 3. The molecule has 2 heterocycles. The van der Waals surface area contributed by atoms with E-state index in [0.717, 1.165) is 17.7 Å². The molecule has 0 aliphatic carbocycles. The first-order valence-electron chi connectivity index (χ1n) is 6.32. The van der Waals surface area contributed by atoms with Crippen LogP contribution in [0, 0.1) is 0 Å². The molecule has 1 aromatic heterocycles. The number of amides is 1. The standard InChI is InChI=1S/C14H17NO3S/c1-18-14(17)12-6-2-3-9-15(12)13(16)8-7-11-5-4-10-19-11/h4-5,7-8,10,12H,2-3,6,9H2,1H3/b8-7-/t12-/m0/s1. The van der Waals surface area contributed by atoms with Crippen LogP contribution in [0.5, 0.6) is 0 Å². The molecule has 0 unspecified atom stereocenters. The van der Waals surface area contributed by atoms with Gasteiger partial charge in [-0.2, -0.15) is 0 Å². The van der Waals surface area contributed by atoms with Crippen molar-refractivity contribution in [2.24, 2.45) is 0 Å². The van der Waals surface area contributed by atoms with Crippen molar-refractivity contribution in [2.45, 2.75) is 25.3 Å². The van der Waals surface area contributed by atoms with Crippen LogP contribution in [0.3, 0.4) is 0 Å². The first kappa shape index (κ1) is 13.8. The molecule has 19 heavy (non-hydrogen) atoms. The summed E-state index contributed by atoms with van der Waals surface area (Å²) in [5, 5.41) is 1.96. The van der Waals surface area contributed by atoms with Crippen molar-refractivity contribution < 1.29 is 14.3 Å². The second-order valence-electron chi connectivity index (χ2n) is 4.42. The Morgan fingerprint density at radius 3 is 3.00 bits per heavy atom. The van der Waals surface area contributed by atoms with Gasteiger partial charge >= 0.3 is 5.97 Å². The summed E-state index contributed by atoms with van der Waals surface area (Å²) in [4.78, 5) is 26.5. The fraction of sp³-hybridized carbons (Fsp3) is 0.429. The number of nitrogens with zero attached hydrogens (tertiary/aromatic N) is 1. The van der Waals surface area contributed by atoms with Gasteiger partial charge in [0.05, 0.1) is 7.11 Å². The maximum absolute atomic E-state index is 12.2. The van der Waals surface area contributed by atoms with Crippen LogP contribution in [0.15, 0.2) is 23.6 Å². The quantitative estimate of drug-likeness (QED) is 0.630. The van der Waals surface area contributed by atoms with Gasteiger partial charge in [-0.1, -0.05) is 6.07 Å². The minimum absolute atomic E-state index is 0.122. The lowest BCUT2D eigenvalue weighted by Gasteiger charge is -2.32. The third kappa shape index (κ3) is 3.44. The average molecular weight is 279 g/mol. The van der Waals surface area contributed by atoms with E-state index in [4.69, 9.17) is 4.74 Å². The Bertz CT molecular complexity index is 467. The molecule has 5 heteroatoms. The second-order valence-corrected chi connectivity index (χ2v) is 5.39. The van der Waals surface area contributed by atoms with Crippen molar-refractivity contribution in [1.29, 1.82) is 0 Å². The molecule has 0 spiro atoms. The summed E-state index contributed by atoms with van der Waals surface area (Å²) in [6, 6.07) is 3.45. The van der Waals surface area contributed by atoms with E-state index in [0.29, 0.717) is 13.0 Å². The van der Waals surface area contributed by atoms with Gasteiger partial charge in [0, 0.05) is 17.5 Å². The minimum atomic E-state index is -0.431. The van der Waals surface area contributed by atoms with E-state index in [1.54, 1.807) is 22.3 Å². The van der Waals surface area contributed by atoms with E-state index in [9.17, 15) is 9.59 Å². The Kier molecular flexibility index (Phi) is 4.74. The smallest absolute Gasteiger partial charge is 0.328 e. The fourth-order valence-electron chi connectivity index (χ4n) is 2.21. The molecular weight excluding hydrogens is 262 g/mol. The Morgan fingerprint density at radius 1 is 1.47 bits per heavy atom. The number of piperidine rings is 1. The molecule has 1 saturated heterocycles. The van der Waals surface area contributed by atoms with Crippen molar-refractivity contribution in [3.8, 4) is 0 Å². The molecule has 0 bridgehead atoms. The number of hydrogen-bond acceptors (Lipinski definition) is 4. The number of ether oxygens (including phenoxy) is 1. The number of thiophene rings is 1. The van der Waals surface area contributed by atoms with Crippen LogP contribution < -0.4 is 0 Å². The lowest BCUT2D eigenvalue weighted by atomic mass is 10.0. The first-order valence-corrected chi connectivity index (χ1v) is 7.20. The van der Waals surface area contributed by atoms with Gasteiger partial charge in [0.25, 0.3) is 0 Å². The van der Waals surface area contributed by atoms with Gasteiger partial charge in [-0.25, -0.2) is 4.79 Å². The SMILES string of the molecule is COC(=O)[C@@H]1CCCCN1C(=O)/C=C\c1cccs1. The van der Waals surface area contributed by atoms with Crippen LogP contribution in [-0.2, 0) is 14.3 Å². The predicted molar refractivity (Wildman–Crippen MR) is 74.7 cm³/mol. The Labute approximate surface area is 116 Å². The van der Waals surface area contributed by atoms with E-state index in [1.807, 2.05) is 17.5 Å². The molecule has 0 aromatic carbocycles. The van der Waals surface area contributed by atoms with E-state index in [2.05, 4.69) is 0 Å². The maximum Gasteiger partial charge on any atom is 0.328 e. The Balaban J connectivity index is 2.05. The van der Waals surface area contributed by atoms with Crippen molar-refractivity contribution in [3.05, 3.63) is 28.5 Å². The zero-order chi connectivity index (χ0) is 13.7. The molecule has 1 fully saturated rings. The van der Waals surface area contributed by atoms with Crippen LogP contribution in [0.1, 0.15) is 24.1 Å². The maximum atomic E-state index is 12.2. The monoisotopic (exact) mass is 279 g/mol. The van der Waals surface area contributed by atoms with Crippen LogP contribution >= 0.6 is 11.3 Å². The molecule has 0 radical (unpaired) electrons. The molecule has 1 aliphatic heterocycles. The summed E-state index contributed by atoms with van der Waals surface area (Å²) in [6.07, 6.45) is 5.90. The molecule has 1 amide bonds. The number of hydrogen-bond donors (Lipinski definition) is 0. The normalized spacial score (nSPS) is 19.6. The molecule has 1 atom stereocenters. The van der Waals surface area contributed by atoms with E-state index >= 15 is 0 Å². The molecule has 102 valence electrons. The van der Waals surface area contributed by atoms with Crippen molar-refractivity contribution in [3.63, 3.8) is 0 Å². The van der Waals surface area contributed by atoms with Crippen LogP contribution in [-0.4, -0.2) is 36.5 Å². The van der Waals surface area contributed by atoms with Gasteiger partial charge in [0.1, 0.15) is 6.04 Å². The summed E-state index contributed by atoms with van der Waals surface area (Å²) < 4.78 is 4.77. The summed E-state index contributed by atoms with van der Waals surface area (Å²) in [7, 11) is 1.36. The van der Waals surface area contributed by atoms with Crippen molar-refractivity contribution in [2.75, 3.05) is 13.7 Å². The number of methoxy groups -OCH3 is 1. The summed E-state index contributed by atoms with van der Waals surface area (Å²) in [5.74, 6) is -0.443. The summed E-state index contributed by atoms with van der Waals surface area (Å²) >= 11 is 1.57. The van der Waals surface area contributed by atoms with Crippen LogP contribution in [0.25, 0.3) is 6.08 Å². The fourth-order valence-corrected chi connectivity index (χ4v) is 2.83. The zero-order valence-corrected chi connectivity index (χ0v) is 11.7. The molecular formula is C14H17NO3S. The number of carbonyl (C=O) groups is 2. The largest absolute Gasteiger partial charge is 0.467 e. The van der Waals surface area contributed by atoms with Crippen LogP contribution in [0.2, 0.25) is 0 Å². The lowest BCUT2D eigenvalue weighted by molar-refractivity contribution is -0.153. The zero-order valence-electron chi connectivity index (χ0n) is 10.9. The second kappa shape index (κ2) is 6.52. The van der Waals surface area contributed by atoms with Gasteiger partial charge in [-0.05, 0) is 36.8 Å². The first-order chi connectivity index (χ1) is 9.22. The molecule has 1 aromatic rings. The summed E-state index contributed by atoms with van der Waals surface area (Å²) in [5.41, 5.74) is 0. The molecule has 0 N–H and O–H groups in total. The van der Waals surface area contributed by atoms with Gasteiger partial charge in [-0.3, -0.25) is 4.79 Å². The molecule has 1 aliphatic rings. The van der Waals surface area contributed by atoms with Gasteiger partial charge in [-0.15, -0.1) is 11.3 Å². The Morgan fingerprint density at radius 2 is 2.32 bits per heavy atom. The molecule has 4 nitrogen and oxygen atoms in total. The highest BCUT2D eigenvalue weighted by atomic mass is 32.1. The molecule has 2 rings (SSSR count). The van der Waals surface area contributed by atoms with E-state index in [-0.39, 0.29) is 11.9 Å². The number of carbonyl (C=O) groups excluding carboxylic acids is 2. The summed E-state index contributed by atoms with van der Waals surface area (Å²) in [6.45, 7) is 0.618. The average Bonchev–Trinajstić information content (AvgIpc) is 2.97. The third-order valence-electron chi connectivity index (χ3n) is 3.19. The van der Waals surface area contributed by atoms with Crippen molar-refractivity contribution >= 4 is 29.3 Å². The minimum Gasteiger partial charge on any atom is -0.467 e. The highest BCUT2D eigenvalue weighted by Gasteiger charge is 2.31. The lowest BCUT2D eigenvalue weighted by Crippen LogP contribution is -2.47. The third-order valence-corrected chi connectivity index (χ3v) is 4.03. The van der Waals surface area contributed by atoms with Crippen molar-refractivity contribution in [1.82, 2.24) is 4.90 Å². The highest BCUT2D eigenvalue weighted by molar-refractivity contribution is 7.10.